The molecule has 20 heavy (non-hydrogen) atoms. The molecule has 1 aromatic carbocycles. The summed E-state index contributed by atoms with van der Waals surface area (Å²) >= 11 is 0. The van der Waals surface area contributed by atoms with Crippen molar-refractivity contribution in [3.63, 3.8) is 0 Å². The van der Waals surface area contributed by atoms with Gasteiger partial charge in [-0.2, -0.15) is 0 Å². The van der Waals surface area contributed by atoms with Gasteiger partial charge < -0.3 is 5.11 Å². The zero-order chi connectivity index (χ0) is 15.2. The van der Waals surface area contributed by atoms with Gasteiger partial charge in [-0.25, -0.2) is 0 Å². The summed E-state index contributed by atoms with van der Waals surface area (Å²) in [7, 11) is 0. The third-order valence-electron chi connectivity index (χ3n) is 3.74. The Bertz CT molecular complexity index is 723. The minimum atomic E-state index is -0.556. The molecule has 2 rings (SSSR count). The lowest BCUT2D eigenvalue weighted by molar-refractivity contribution is 0.0970. The highest BCUT2D eigenvalue weighted by molar-refractivity contribution is 6.29. The number of carbonyl (C=O) groups is 4. The van der Waals surface area contributed by atoms with Crippen LogP contribution in [0.2, 0.25) is 0 Å². The first-order valence-electron chi connectivity index (χ1n) is 5.93. The number of benzene rings is 1. The molecule has 0 aromatic heterocycles. The Labute approximate surface area is 114 Å². The van der Waals surface area contributed by atoms with Gasteiger partial charge in [0.15, 0.2) is 24.1 Å². The largest absolute Gasteiger partial charge is 0.506 e. The monoisotopic (exact) mass is 272 g/mol. The summed E-state index contributed by atoms with van der Waals surface area (Å²) in [5, 5.41) is 9.94. The predicted molar refractivity (Wildman–Crippen MR) is 70.7 cm³/mol. The van der Waals surface area contributed by atoms with Crippen molar-refractivity contribution in [3.05, 3.63) is 39.0 Å². The number of allylic oxidation sites excluding steroid dienone is 2. The molecule has 1 aromatic rings. The van der Waals surface area contributed by atoms with Crippen LogP contribution in [0.4, 0.5) is 0 Å². The molecule has 0 unspecified atom stereocenters. The first-order valence-corrected chi connectivity index (χ1v) is 5.93. The van der Waals surface area contributed by atoms with Crippen molar-refractivity contribution in [2.24, 2.45) is 0 Å². The molecule has 1 aliphatic rings. The number of hydrogen-bond acceptors (Lipinski definition) is 5. The molecule has 0 bridgehead atoms. The minimum Gasteiger partial charge on any atom is -0.506 e. The third kappa shape index (κ3) is 1.56. The molecule has 0 amide bonds. The molecule has 0 fully saturated rings. The van der Waals surface area contributed by atoms with Crippen molar-refractivity contribution in [1.82, 2.24) is 0 Å². The summed E-state index contributed by atoms with van der Waals surface area (Å²) < 4.78 is 0. The minimum absolute atomic E-state index is 0.0279. The number of phenols is 1. The zero-order valence-electron chi connectivity index (χ0n) is 11.2. The van der Waals surface area contributed by atoms with Crippen LogP contribution in [0.3, 0.4) is 0 Å². The molecule has 0 saturated heterocycles. The molecule has 0 radical (unpaired) electrons. The molecular formula is C15H12O5. The summed E-state index contributed by atoms with van der Waals surface area (Å²) in [4.78, 5) is 46.8. The van der Waals surface area contributed by atoms with Crippen LogP contribution in [0.25, 0.3) is 0 Å². The SMILES string of the molecule is CC1=C(C)C(=O)c2c(C=O)c(O)c(C=O)c(C)c2C1=O. The standard InChI is InChI=1S/C15H12O5/c1-6-7(2)14(19)12-10(5-17)15(20)9(4-16)8(3)11(12)13(6)18/h4-5,20H,1-3H3. The highest BCUT2D eigenvalue weighted by Gasteiger charge is 2.34. The fourth-order valence-corrected chi connectivity index (χ4v) is 2.39. The van der Waals surface area contributed by atoms with E-state index in [1.54, 1.807) is 0 Å². The Hall–Kier alpha value is -2.56. The van der Waals surface area contributed by atoms with E-state index in [1.165, 1.54) is 20.8 Å². The summed E-state index contributed by atoms with van der Waals surface area (Å²) in [6.45, 7) is 4.48. The number of carbonyl (C=O) groups excluding carboxylic acids is 4. The lowest BCUT2D eigenvalue weighted by atomic mass is 9.79. The summed E-state index contributed by atoms with van der Waals surface area (Å²) in [6.07, 6.45) is 0.663. The summed E-state index contributed by atoms with van der Waals surface area (Å²) in [5.41, 5.74) is 0.197. The van der Waals surface area contributed by atoms with Gasteiger partial charge in [0.2, 0.25) is 0 Å². The normalized spacial score (nSPS) is 14.3. The van der Waals surface area contributed by atoms with Crippen LogP contribution in [0, 0.1) is 6.92 Å². The zero-order valence-corrected chi connectivity index (χ0v) is 11.2. The maximum Gasteiger partial charge on any atom is 0.190 e. The third-order valence-corrected chi connectivity index (χ3v) is 3.74. The van der Waals surface area contributed by atoms with E-state index < -0.39 is 17.3 Å². The molecule has 0 saturated carbocycles. The van der Waals surface area contributed by atoms with Gasteiger partial charge in [-0.15, -0.1) is 0 Å². The Morgan fingerprint density at radius 2 is 1.25 bits per heavy atom. The predicted octanol–water partition coefficient (Wildman–Crippen LogP) is 2.04. The number of rotatable bonds is 2. The van der Waals surface area contributed by atoms with Gasteiger partial charge in [0.05, 0.1) is 11.1 Å². The van der Waals surface area contributed by atoms with E-state index in [2.05, 4.69) is 0 Å². The molecule has 102 valence electrons. The van der Waals surface area contributed by atoms with Crippen molar-refractivity contribution < 1.29 is 24.3 Å². The fraction of sp³-hybridized carbons (Fsp3) is 0.200. The van der Waals surface area contributed by atoms with E-state index in [0.29, 0.717) is 12.6 Å². The van der Waals surface area contributed by atoms with Crippen LogP contribution >= 0.6 is 0 Å². The average Bonchev–Trinajstić information content (AvgIpc) is 2.42. The maximum atomic E-state index is 12.3. The van der Waals surface area contributed by atoms with Crippen molar-refractivity contribution in [3.8, 4) is 5.75 Å². The number of ketones is 2. The highest BCUT2D eigenvalue weighted by Crippen LogP contribution is 2.37. The molecule has 5 nitrogen and oxygen atoms in total. The Morgan fingerprint density at radius 3 is 1.70 bits per heavy atom. The quantitative estimate of drug-likeness (QED) is 0.832. The smallest absolute Gasteiger partial charge is 0.190 e. The molecule has 0 spiro atoms. The van der Waals surface area contributed by atoms with Gasteiger partial charge in [0.25, 0.3) is 0 Å². The number of fused-ring (bicyclic) bond motifs is 1. The van der Waals surface area contributed by atoms with E-state index in [4.69, 9.17) is 0 Å². The second-order valence-corrected chi connectivity index (χ2v) is 4.69. The van der Waals surface area contributed by atoms with Gasteiger partial charge >= 0.3 is 0 Å². The number of phenolic OH excluding ortho intramolecular Hbond substituents is 1. The lowest BCUT2D eigenvalue weighted by Crippen LogP contribution is -2.23. The number of aromatic hydroxyl groups is 1. The van der Waals surface area contributed by atoms with Gasteiger partial charge in [0.1, 0.15) is 5.75 Å². The van der Waals surface area contributed by atoms with Crippen LogP contribution in [0.15, 0.2) is 11.1 Å². The maximum absolute atomic E-state index is 12.3. The van der Waals surface area contributed by atoms with Gasteiger partial charge in [0, 0.05) is 22.3 Å². The van der Waals surface area contributed by atoms with Crippen LogP contribution in [-0.2, 0) is 0 Å². The van der Waals surface area contributed by atoms with Crippen LogP contribution in [0.5, 0.6) is 5.75 Å². The Morgan fingerprint density at radius 1 is 0.800 bits per heavy atom. The number of aldehydes is 2. The van der Waals surface area contributed by atoms with Crippen molar-refractivity contribution in [2.45, 2.75) is 20.8 Å². The van der Waals surface area contributed by atoms with E-state index in [9.17, 15) is 24.3 Å². The average molecular weight is 272 g/mol. The number of Topliss-reactive ketones (excluding diaryl/α,β-unsaturated/α-hetero) is 2. The first kappa shape index (κ1) is 13.9. The fourth-order valence-electron chi connectivity index (χ4n) is 2.39. The van der Waals surface area contributed by atoms with Crippen molar-refractivity contribution in [1.29, 1.82) is 0 Å². The number of hydrogen-bond donors (Lipinski definition) is 1. The van der Waals surface area contributed by atoms with Gasteiger partial charge in [-0.1, -0.05) is 0 Å². The molecule has 5 heteroatoms. The summed E-state index contributed by atoms with van der Waals surface area (Å²) in [6, 6.07) is 0. The molecular weight excluding hydrogens is 260 g/mol. The van der Waals surface area contributed by atoms with E-state index in [1.807, 2.05) is 0 Å². The van der Waals surface area contributed by atoms with Crippen LogP contribution in [-0.4, -0.2) is 29.2 Å². The topological polar surface area (TPSA) is 88.5 Å². The van der Waals surface area contributed by atoms with E-state index >= 15 is 0 Å². The molecule has 0 atom stereocenters. The second-order valence-electron chi connectivity index (χ2n) is 4.69. The first-order chi connectivity index (χ1) is 9.36. The van der Waals surface area contributed by atoms with Gasteiger partial charge in [-0.05, 0) is 26.3 Å². The van der Waals surface area contributed by atoms with Crippen molar-refractivity contribution >= 4 is 24.1 Å². The Kier molecular flexibility index (Phi) is 3.13. The second kappa shape index (κ2) is 4.52. The molecule has 0 aliphatic heterocycles. The molecule has 1 N–H and O–H groups in total. The van der Waals surface area contributed by atoms with E-state index in [0.717, 1.165) is 0 Å². The summed E-state index contributed by atoms with van der Waals surface area (Å²) in [5.74, 6) is -1.43. The lowest BCUT2D eigenvalue weighted by Gasteiger charge is -2.22. The molecule has 0 heterocycles. The van der Waals surface area contributed by atoms with Crippen molar-refractivity contribution in [2.75, 3.05) is 0 Å². The molecule has 1 aliphatic carbocycles. The van der Waals surface area contributed by atoms with E-state index in [-0.39, 0.29) is 39.0 Å². The van der Waals surface area contributed by atoms with Crippen LogP contribution < -0.4 is 0 Å². The Balaban J connectivity index is 3.04. The van der Waals surface area contributed by atoms with Gasteiger partial charge in [-0.3, -0.25) is 19.2 Å². The van der Waals surface area contributed by atoms with Crippen LogP contribution in [0.1, 0.15) is 60.8 Å². The highest BCUT2D eigenvalue weighted by atomic mass is 16.3.